The number of rotatable bonds is 6. The van der Waals surface area contributed by atoms with E-state index < -0.39 is 6.10 Å². The highest BCUT2D eigenvalue weighted by molar-refractivity contribution is 6.30. The number of aliphatic hydroxyl groups excluding tert-OH is 1. The second kappa shape index (κ2) is 8.02. The van der Waals surface area contributed by atoms with Crippen molar-refractivity contribution in [1.82, 2.24) is 4.90 Å². The van der Waals surface area contributed by atoms with Crippen LogP contribution in [0.25, 0.3) is 0 Å². The minimum atomic E-state index is -0.401. The number of piperidine rings is 1. The van der Waals surface area contributed by atoms with E-state index in [0.29, 0.717) is 5.02 Å². The van der Waals surface area contributed by atoms with Crippen molar-refractivity contribution in [2.24, 2.45) is 5.92 Å². The Hall–Kier alpha value is -0.570. The molecule has 0 bridgehead atoms. The van der Waals surface area contributed by atoms with Crippen LogP contribution in [-0.2, 0) is 0 Å². The van der Waals surface area contributed by atoms with Crippen molar-refractivity contribution >= 4 is 11.6 Å². The zero-order valence-corrected chi connectivity index (χ0v) is 13.1. The number of aliphatic hydroxyl groups is 1. The molecular formula is C17H26ClNO. The van der Waals surface area contributed by atoms with Crippen LogP contribution in [0, 0.1) is 5.92 Å². The highest BCUT2D eigenvalue weighted by Gasteiger charge is 2.19. The first-order valence-electron chi connectivity index (χ1n) is 7.85. The molecule has 0 aliphatic carbocycles. The van der Waals surface area contributed by atoms with E-state index in [1.165, 1.54) is 38.8 Å². The first kappa shape index (κ1) is 15.8. The minimum Gasteiger partial charge on any atom is -0.388 e. The molecule has 0 radical (unpaired) electrons. The van der Waals surface area contributed by atoms with E-state index in [4.69, 9.17) is 11.6 Å². The predicted octanol–water partition coefficient (Wildman–Crippen LogP) is 4.28. The molecule has 0 aromatic heterocycles. The topological polar surface area (TPSA) is 23.5 Å². The second-order valence-corrected chi connectivity index (χ2v) is 6.37. The third kappa shape index (κ3) is 4.76. The number of benzene rings is 1. The normalized spacial score (nSPS) is 19.1. The summed E-state index contributed by atoms with van der Waals surface area (Å²) in [5, 5.41) is 10.9. The van der Waals surface area contributed by atoms with Gasteiger partial charge < -0.3 is 10.0 Å². The van der Waals surface area contributed by atoms with Crippen molar-refractivity contribution in [1.29, 1.82) is 0 Å². The monoisotopic (exact) mass is 295 g/mol. The van der Waals surface area contributed by atoms with Crippen LogP contribution in [0.5, 0.6) is 0 Å². The van der Waals surface area contributed by atoms with Crippen molar-refractivity contribution < 1.29 is 5.11 Å². The van der Waals surface area contributed by atoms with E-state index in [2.05, 4.69) is 11.8 Å². The molecule has 2 nitrogen and oxygen atoms in total. The van der Waals surface area contributed by atoms with Gasteiger partial charge in [0, 0.05) is 11.6 Å². The van der Waals surface area contributed by atoms with Crippen LogP contribution in [0.4, 0.5) is 0 Å². The number of halogens is 1. The molecule has 1 aliphatic heterocycles. The summed E-state index contributed by atoms with van der Waals surface area (Å²) >= 11 is 5.96. The van der Waals surface area contributed by atoms with Crippen LogP contribution in [0.1, 0.15) is 50.7 Å². The van der Waals surface area contributed by atoms with Gasteiger partial charge in [0.2, 0.25) is 0 Å². The Morgan fingerprint density at radius 2 is 2.10 bits per heavy atom. The lowest BCUT2D eigenvalue weighted by Gasteiger charge is -2.32. The molecule has 3 heteroatoms. The number of hydrogen-bond acceptors (Lipinski definition) is 2. The standard InChI is InChI=1S/C17H26ClNO/c1-2-4-14-7-10-19(11-8-14)12-9-17(20)15-5-3-6-16(18)13-15/h3,5-6,13-14,17,20H,2,4,7-12H2,1H3. The molecule has 1 saturated heterocycles. The summed E-state index contributed by atoms with van der Waals surface area (Å²) < 4.78 is 0. The average molecular weight is 296 g/mol. The third-order valence-electron chi connectivity index (χ3n) is 4.36. The summed E-state index contributed by atoms with van der Waals surface area (Å²) in [5.41, 5.74) is 0.929. The molecule has 0 saturated carbocycles. The lowest BCUT2D eigenvalue weighted by molar-refractivity contribution is 0.121. The molecule has 1 unspecified atom stereocenters. The molecule has 0 amide bonds. The maximum atomic E-state index is 10.2. The quantitative estimate of drug-likeness (QED) is 0.847. The van der Waals surface area contributed by atoms with Crippen LogP contribution >= 0.6 is 11.6 Å². The van der Waals surface area contributed by atoms with Crippen LogP contribution in [0.3, 0.4) is 0 Å². The Bertz CT molecular complexity index is 402. The number of likely N-dealkylation sites (tertiary alicyclic amines) is 1. The molecule has 1 aromatic rings. The van der Waals surface area contributed by atoms with E-state index in [1.807, 2.05) is 24.3 Å². The van der Waals surface area contributed by atoms with Crippen molar-refractivity contribution in [3.8, 4) is 0 Å². The summed E-state index contributed by atoms with van der Waals surface area (Å²) in [6.07, 6.45) is 5.71. The van der Waals surface area contributed by atoms with Gasteiger partial charge in [-0.15, -0.1) is 0 Å². The van der Waals surface area contributed by atoms with Crippen molar-refractivity contribution in [2.45, 2.75) is 45.1 Å². The van der Waals surface area contributed by atoms with Gasteiger partial charge in [0.25, 0.3) is 0 Å². The van der Waals surface area contributed by atoms with E-state index >= 15 is 0 Å². The van der Waals surface area contributed by atoms with Gasteiger partial charge in [-0.2, -0.15) is 0 Å². The Balaban J connectivity index is 1.73. The minimum absolute atomic E-state index is 0.401. The maximum absolute atomic E-state index is 10.2. The average Bonchev–Trinajstić information content (AvgIpc) is 2.46. The molecule has 1 heterocycles. The van der Waals surface area contributed by atoms with Crippen molar-refractivity contribution in [3.05, 3.63) is 34.9 Å². The molecule has 1 N–H and O–H groups in total. The SMILES string of the molecule is CCCC1CCN(CCC(O)c2cccc(Cl)c2)CC1. The number of hydrogen-bond donors (Lipinski definition) is 1. The van der Waals surface area contributed by atoms with Crippen LogP contribution in [-0.4, -0.2) is 29.6 Å². The van der Waals surface area contributed by atoms with E-state index in [1.54, 1.807) is 0 Å². The summed E-state index contributed by atoms with van der Waals surface area (Å²) in [6, 6.07) is 7.55. The van der Waals surface area contributed by atoms with Gasteiger partial charge >= 0.3 is 0 Å². The molecule has 2 rings (SSSR count). The zero-order chi connectivity index (χ0) is 14.4. The number of nitrogens with zero attached hydrogens (tertiary/aromatic N) is 1. The van der Waals surface area contributed by atoms with E-state index in [-0.39, 0.29) is 0 Å². The van der Waals surface area contributed by atoms with Gasteiger partial charge in [-0.05, 0) is 56.0 Å². The van der Waals surface area contributed by atoms with Crippen LogP contribution in [0.2, 0.25) is 5.02 Å². The first-order chi connectivity index (χ1) is 9.69. The van der Waals surface area contributed by atoms with Gasteiger partial charge in [-0.1, -0.05) is 43.5 Å². The lowest BCUT2D eigenvalue weighted by atomic mass is 9.92. The van der Waals surface area contributed by atoms with Gasteiger partial charge in [0.05, 0.1) is 6.10 Å². The van der Waals surface area contributed by atoms with Gasteiger partial charge in [0.1, 0.15) is 0 Å². The van der Waals surface area contributed by atoms with E-state index in [0.717, 1.165) is 24.4 Å². The lowest BCUT2D eigenvalue weighted by Crippen LogP contribution is -2.34. The molecule has 112 valence electrons. The Labute approximate surface area is 127 Å². The fraction of sp³-hybridized carbons (Fsp3) is 0.647. The van der Waals surface area contributed by atoms with Crippen LogP contribution in [0.15, 0.2) is 24.3 Å². The fourth-order valence-corrected chi connectivity index (χ4v) is 3.29. The molecular weight excluding hydrogens is 270 g/mol. The molecule has 1 aromatic carbocycles. The van der Waals surface area contributed by atoms with Crippen LogP contribution < -0.4 is 0 Å². The molecule has 1 aliphatic rings. The Morgan fingerprint density at radius 1 is 1.35 bits per heavy atom. The smallest absolute Gasteiger partial charge is 0.0802 e. The predicted molar refractivity (Wildman–Crippen MR) is 85.1 cm³/mol. The summed E-state index contributed by atoms with van der Waals surface area (Å²) in [7, 11) is 0. The molecule has 1 fully saturated rings. The molecule has 20 heavy (non-hydrogen) atoms. The summed E-state index contributed by atoms with van der Waals surface area (Å²) in [4.78, 5) is 2.49. The van der Waals surface area contributed by atoms with Gasteiger partial charge in [-0.3, -0.25) is 0 Å². The van der Waals surface area contributed by atoms with E-state index in [9.17, 15) is 5.11 Å². The van der Waals surface area contributed by atoms with Crippen molar-refractivity contribution in [3.63, 3.8) is 0 Å². The summed E-state index contributed by atoms with van der Waals surface area (Å²) in [5.74, 6) is 0.925. The van der Waals surface area contributed by atoms with Gasteiger partial charge in [-0.25, -0.2) is 0 Å². The largest absolute Gasteiger partial charge is 0.388 e. The fourth-order valence-electron chi connectivity index (χ4n) is 3.09. The Kier molecular flexibility index (Phi) is 6.34. The van der Waals surface area contributed by atoms with Crippen molar-refractivity contribution in [2.75, 3.05) is 19.6 Å². The highest BCUT2D eigenvalue weighted by Crippen LogP contribution is 2.24. The maximum Gasteiger partial charge on any atom is 0.0802 e. The highest BCUT2D eigenvalue weighted by atomic mass is 35.5. The second-order valence-electron chi connectivity index (χ2n) is 5.93. The first-order valence-corrected chi connectivity index (χ1v) is 8.22. The third-order valence-corrected chi connectivity index (χ3v) is 4.59. The summed E-state index contributed by atoms with van der Waals surface area (Å²) in [6.45, 7) is 5.63. The zero-order valence-electron chi connectivity index (χ0n) is 12.4. The Morgan fingerprint density at radius 3 is 2.75 bits per heavy atom. The van der Waals surface area contributed by atoms with Gasteiger partial charge in [0.15, 0.2) is 0 Å². The molecule has 0 spiro atoms. The molecule has 1 atom stereocenters.